The summed E-state index contributed by atoms with van der Waals surface area (Å²) < 4.78 is 0. The van der Waals surface area contributed by atoms with Crippen LogP contribution in [0.1, 0.15) is 24.8 Å². The summed E-state index contributed by atoms with van der Waals surface area (Å²) in [4.78, 5) is 23.2. The minimum Gasteiger partial charge on any atom is -0.351 e. The molecule has 0 spiro atoms. The number of rotatable bonds is 4. The molecule has 2 aliphatic rings. The Morgan fingerprint density at radius 3 is 2.96 bits per heavy atom. The molecule has 3 rings (SSSR count). The third-order valence-corrected chi connectivity index (χ3v) is 4.90. The lowest BCUT2D eigenvalue weighted by Gasteiger charge is -2.28. The molecule has 124 valence electrons. The fourth-order valence-corrected chi connectivity index (χ4v) is 3.64. The number of amides is 1. The first kappa shape index (κ1) is 16.2. The van der Waals surface area contributed by atoms with E-state index in [2.05, 4.69) is 16.2 Å². The van der Waals surface area contributed by atoms with Crippen molar-refractivity contribution in [3.63, 3.8) is 0 Å². The predicted molar refractivity (Wildman–Crippen MR) is 85.3 cm³/mol. The Kier molecular flexibility index (Phi) is 4.79. The number of fused-ring (bicyclic) bond motifs is 1. The SMILES string of the molecule is O=C(NCc1cccc(Cl)c1)C1NNC2CCC([N+](=O)[O-])CC21. The van der Waals surface area contributed by atoms with Gasteiger partial charge in [0.25, 0.3) is 0 Å². The topological polar surface area (TPSA) is 96.3 Å². The summed E-state index contributed by atoms with van der Waals surface area (Å²) in [6, 6.07) is 6.42. The smallest absolute Gasteiger partial charge is 0.239 e. The number of nitro groups is 1. The number of hydrogen-bond donors (Lipinski definition) is 3. The molecule has 23 heavy (non-hydrogen) atoms. The molecule has 1 saturated carbocycles. The Morgan fingerprint density at radius 1 is 1.39 bits per heavy atom. The zero-order valence-electron chi connectivity index (χ0n) is 12.5. The fraction of sp³-hybridized carbons (Fsp3) is 0.533. The molecule has 8 heteroatoms. The average Bonchev–Trinajstić information content (AvgIpc) is 2.95. The largest absolute Gasteiger partial charge is 0.351 e. The van der Waals surface area contributed by atoms with Crippen molar-refractivity contribution in [1.29, 1.82) is 0 Å². The molecule has 0 aromatic heterocycles. The van der Waals surface area contributed by atoms with Gasteiger partial charge in [0, 0.05) is 41.3 Å². The number of nitrogens with zero attached hydrogens (tertiary/aromatic N) is 1. The number of carbonyl (C=O) groups excluding carboxylic acids is 1. The van der Waals surface area contributed by atoms with E-state index in [1.54, 1.807) is 12.1 Å². The highest BCUT2D eigenvalue weighted by atomic mass is 35.5. The zero-order valence-corrected chi connectivity index (χ0v) is 13.3. The van der Waals surface area contributed by atoms with Crippen molar-refractivity contribution in [2.24, 2.45) is 5.92 Å². The Hall–Kier alpha value is -1.70. The monoisotopic (exact) mass is 338 g/mol. The molecule has 0 radical (unpaired) electrons. The number of carbonyl (C=O) groups is 1. The Morgan fingerprint density at radius 2 is 2.22 bits per heavy atom. The van der Waals surface area contributed by atoms with E-state index in [4.69, 9.17) is 11.6 Å². The van der Waals surface area contributed by atoms with Crippen LogP contribution in [0.2, 0.25) is 5.02 Å². The lowest BCUT2D eigenvalue weighted by molar-refractivity contribution is -0.528. The highest BCUT2D eigenvalue weighted by Gasteiger charge is 2.46. The van der Waals surface area contributed by atoms with Gasteiger partial charge in [0.05, 0.1) is 0 Å². The van der Waals surface area contributed by atoms with Crippen LogP contribution in [-0.2, 0) is 11.3 Å². The average molecular weight is 339 g/mol. The van der Waals surface area contributed by atoms with Crippen LogP contribution < -0.4 is 16.2 Å². The molecule has 7 nitrogen and oxygen atoms in total. The predicted octanol–water partition coefficient (Wildman–Crippen LogP) is 1.25. The van der Waals surface area contributed by atoms with Crippen molar-refractivity contribution in [2.75, 3.05) is 0 Å². The maximum Gasteiger partial charge on any atom is 0.239 e. The molecule has 1 amide bonds. The van der Waals surface area contributed by atoms with Gasteiger partial charge in [0.1, 0.15) is 6.04 Å². The van der Waals surface area contributed by atoms with E-state index in [0.717, 1.165) is 5.56 Å². The van der Waals surface area contributed by atoms with Crippen LogP contribution in [0.15, 0.2) is 24.3 Å². The molecule has 0 bridgehead atoms. The van der Waals surface area contributed by atoms with Crippen LogP contribution in [0.3, 0.4) is 0 Å². The summed E-state index contributed by atoms with van der Waals surface area (Å²) in [6.45, 7) is 0.383. The van der Waals surface area contributed by atoms with Gasteiger partial charge in [0.15, 0.2) is 0 Å². The Bertz CT molecular complexity index is 612. The van der Waals surface area contributed by atoms with Gasteiger partial charge in [-0.3, -0.25) is 20.3 Å². The lowest BCUT2D eigenvalue weighted by atomic mass is 9.79. The second kappa shape index (κ2) is 6.82. The maximum absolute atomic E-state index is 12.4. The standard InChI is InChI=1S/C15H19ClN4O3/c16-10-3-1-2-9(6-10)8-17-15(21)14-12-7-11(20(22)23)4-5-13(12)18-19-14/h1-3,6,11-14,18-19H,4-5,7-8H2,(H,17,21). The maximum atomic E-state index is 12.4. The molecule has 1 aliphatic heterocycles. The molecule has 1 aliphatic carbocycles. The Labute approximate surface area is 138 Å². The van der Waals surface area contributed by atoms with E-state index in [1.165, 1.54) is 0 Å². The zero-order chi connectivity index (χ0) is 16.4. The summed E-state index contributed by atoms with van der Waals surface area (Å²) >= 11 is 5.93. The summed E-state index contributed by atoms with van der Waals surface area (Å²) in [7, 11) is 0. The van der Waals surface area contributed by atoms with E-state index < -0.39 is 12.1 Å². The number of halogens is 1. The number of hydrazine groups is 1. The molecule has 1 heterocycles. The van der Waals surface area contributed by atoms with Crippen molar-refractivity contribution in [3.05, 3.63) is 45.0 Å². The third kappa shape index (κ3) is 3.63. The summed E-state index contributed by atoms with van der Waals surface area (Å²) in [5.41, 5.74) is 7.01. The van der Waals surface area contributed by atoms with Crippen LogP contribution in [0.4, 0.5) is 0 Å². The molecule has 4 unspecified atom stereocenters. The molecule has 1 aromatic carbocycles. The van der Waals surface area contributed by atoms with Gasteiger partial charge in [0.2, 0.25) is 11.9 Å². The van der Waals surface area contributed by atoms with Crippen molar-refractivity contribution in [2.45, 2.75) is 43.9 Å². The quantitative estimate of drug-likeness (QED) is 0.567. The van der Waals surface area contributed by atoms with Gasteiger partial charge >= 0.3 is 0 Å². The van der Waals surface area contributed by atoms with Gasteiger partial charge in [-0.25, -0.2) is 5.43 Å². The lowest BCUT2D eigenvalue weighted by Crippen LogP contribution is -2.46. The van der Waals surface area contributed by atoms with E-state index in [1.807, 2.05) is 12.1 Å². The second-order valence-electron chi connectivity index (χ2n) is 6.14. The minimum atomic E-state index is -0.554. The summed E-state index contributed by atoms with van der Waals surface area (Å²) in [6.07, 6.45) is 1.69. The van der Waals surface area contributed by atoms with Crippen molar-refractivity contribution in [3.8, 4) is 0 Å². The fourth-order valence-electron chi connectivity index (χ4n) is 3.43. The molecule has 4 atom stereocenters. The van der Waals surface area contributed by atoms with Gasteiger partial charge < -0.3 is 5.32 Å². The van der Waals surface area contributed by atoms with Crippen molar-refractivity contribution < 1.29 is 9.72 Å². The highest BCUT2D eigenvalue weighted by molar-refractivity contribution is 6.30. The van der Waals surface area contributed by atoms with Crippen molar-refractivity contribution >= 4 is 17.5 Å². The summed E-state index contributed by atoms with van der Waals surface area (Å²) in [5, 5.41) is 14.5. The summed E-state index contributed by atoms with van der Waals surface area (Å²) in [5.74, 6) is -0.201. The van der Waals surface area contributed by atoms with E-state index in [0.29, 0.717) is 30.8 Å². The molecule has 2 fully saturated rings. The second-order valence-corrected chi connectivity index (χ2v) is 6.57. The van der Waals surface area contributed by atoms with Gasteiger partial charge in [-0.2, -0.15) is 0 Å². The van der Waals surface area contributed by atoms with E-state index >= 15 is 0 Å². The first-order chi connectivity index (χ1) is 11.0. The first-order valence-electron chi connectivity index (χ1n) is 7.71. The first-order valence-corrected chi connectivity index (χ1v) is 8.09. The van der Waals surface area contributed by atoms with Gasteiger partial charge in [-0.05, 0) is 24.1 Å². The highest BCUT2D eigenvalue weighted by Crippen LogP contribution is 2.31. The van der Waals surface area contributed by atoms with Crippen LogP contribution in [-0.4, -0.2) is 29.0 Å². The number of hydrogen-bond acceptors (Lipinski definition) is 5. The van der Waals surface area contributed by atoms with Crippen molar-refractivity contribution in [1.82, 2.24) is 16.2 Å². The Balaban J connectivity index is 1.60. The number of benzene rings is 1. The van der Waals surface area contributed by atoms with Crippen LogP contribution in [0, 0.1) is 16.0 Å². The van der Waals surface area contributed by atoms with Crippen LogP contribution >= 0.6 is 11.6 Å². The van der Waals surface area contributed by atoms with E-state index in [-0.39, 0.29) is 22.8 Å². The molecular weight excluding hydrogens is 320 g/mol. The van der Waals surface area contributed by atoms with Gasteiger partial charge in [-0.1, -0.05) is 23.7 Å². The number of nitrogens with one attached hydrogen (secondary N) is 3. The van der Waals surface area contributed by atoms with Gasteiger partial charge in [-0.15, -0.1) is 0 Å². The molecular formula is C15H19ClN4O3. The molecule has 3 N–H and O–H groups in total. The van der Waals surface area contributed by atoms with Crippen LogP contribution in [0.5, 0.6) is 0 Å². The van der Waals surface area contributed by atoms with Crippen LogP contribution in [0.25, 0.3) is 0 Å². The molecule has 1 aromatic rings. The van der Waals surface area contributed by atoms with E-state index in [9.17, 15) is 14.9 Å². The minimum absolute atomic E-state index is 0.0569. The molecule has 1 saturated heterocycles. The normalized spacial score (nSPS) is 29.8. The third-order valence-electron chi connectivity index (χ3n) is 4.66.